The van der Waals surface area contributed by atoms with Crippen LogP contribution in [0.15, 0.2) is 60.8 Å². The highest BCUT2D eigenvalue weighted by Gasteiger charge is 2.19. The molecule has 0 aliphatic carbocycles. The number of hydrogen-bond donors (Lipinski definition) is 1. The maximum atomic E-state index is 12.6. The Bertz CT molecular complexity index is 886. The molecule has 4 heteroatoms. The van der Waals surface area contributed by atoms with Gasteiger partial charge in [0.1, 0.15) is 0 Å². The normalized spacial score (nSPS) is 14.5. The van der Waals surface area contributed by atoms with E-state index in [-0.39, 0.29) is 5.91 Å². The minimum absolute atomic E-state index is 0.101. The molecule has 1 aliphatic rings. The monoisotopic (exact) mass is 331 g/mol. The van der Waals surface area contributed by atoms with Gasteiger partial charge in [-0.1, -0.05) is 36.4 Å². The summed E-state index contributed by atoms with van der Waals surface area (Å²) in [5.74, 6) is -0.101. The molecule has 1 aliphatic heterocycles. The number of fused-ring (bicyclic) bond motifs is 1. The standard InChI is InChI=1S/C21H21N3O/c25-21(16-9-3-1-4-10-16)23-19-15-22-18-12-6-5-11-17(18)20(19)24-13-7-2-8-14-24/h1,3-6,9-12,15H,2,7-8,13-14H2,(H,23,25). The fourth-order valence-corrected chi connectivity index (χ4v) is 3.46. The summed E-state index contributed by atoms with van der Waals surface area (Å²) in [6.45, 7) is 2.03. The number of carbonyl (C=O) groups is 1. The van der Waals surface area contributed by atoms with Crippen molar-refractivity contribution in [2.75, 3.05) is 23.3 Å². The van der Waals surface area contributed by atoms with Crippen LogP contribution in [0.5, 0.6) is 0 Å². The van der Waals surface area contributed by atoms with Gasteiger partial charge in [-0.05, 0) is 37.5 Å². The number of aromatic nitrogens is 1. The molecule has 2 aromatic carbocycles. The van der Waals surface area contributed by atoms with Gasteiger partial charge in [-0.3, -0.25) is 9.78 Å². The zero-order valence-electron chi connectivity index (χ0n) is 14.1. The molecule has 126 valence electrons. The molecule has 1 aromatic heterocycles. The smallest absolute Gasteiger partial charge is 0.255 e. The topological polar surface area (TPSA) is 45.2 Å². The van der Waals surface area contributed by atoms with Gasteiger partial charge >= 0.3 is 0 Å². The second-order valence-electron chi connectivity index (χ2n) is 6.41. The van der Waals surface area contributed by atoms with E-state index in [1.165, 1.54) is 19.3 Å². The van der Waals surface area contributed by atoms with Gasteiger partial charge in [-0.15, -0.1) is 0 Å². The lowest BCUT2D eigenvalue weighted by atomic mass is 10.1. The average molecular weight is 331 g/mol. The predicted molar refractivity (Wildman–Crippen MR) is 102 cm³/mol. The van der Waals surface area contributed by atoms with Gasteiger partial charge in [-0.2, -0.15) is 0 Å². The van der Waals surface area contributed by atoms with Gasteiger partial charge in [-0.25, -0.2) is 0 Å². The van der Waals surface area contributed by atoms with E-state index in [1.807, 2.05) is 48.5 Å². The van der Waals surface area contributed by atoms with E-state index in [2.05, 4.69) is 21.3 Å². The molecule has 1 amide bonds. The molecular weight excluding hydrogens is 310 g/mol. The van der Waals surface area contributed by atoms with E-state index in [9.17, 15) is 4.79 Å². The Balaban J connectivity index is 1.76. The summed E-state index contributed by atoms with van der Waals surface area (Å²) in [5.41, 5.74) is 3.49. The lowest BCUT2D eigenvalue weighted by molar-refractivity contribution is 0.102. The Kier molecular flexibility index (Phi) is 4.34. The SMILES string of the molecule is O=C(Nc1cnc2ccccc2c1N1CCCCC1)c1ccccc1. The molecule has 0 atom stereocenters. The third-order valence-corrected chi connectivity index (χ3v) is 4.70. The molecule has 0 bridgehead atoms. The first-order valence-corrected chi connectivity index (χ1v) is 8.82. The van der Waals surface area contributed by atoms with Gasteiger partial charge in [0.25, 0.3) is 5.91 Å². The number of amides is 1. The molecule has 1 N–H and O–H groups in total. The first kappa shape index (κ1) is 15.6. The lowest BCUT2D eigenvalue weighted by Gasteiger charge is -2.31. The minimum Gasteiger partial charge on any atom is -0.369 e. The summed E-state index contributed by atoms with van der Waals surface area (Å²) in [6.07, 6.45) is 5.42. The Labute approximate surface area is 147 Å². The Morgan fingerprint density at radius 2 is 1.64 bits per heavy atom. The second kappa shape index (κ2) is 6.93. The van der Waals surface area contributed by atoms with Crippen LogP contribution in [-0.4, -0.2) is 24.0 Å². The average Bonchev–Trinajstić information content (AvgIpc) is 2.69. The molecule has 1 fully saturated rings. The molecule has 1 saturated heterocycles. The number of nitrogens with one attached hydrogen (secondary N) is 1. The third kappa shape index (κ3) is 3.20. The van der Waals surface area contributed by atoms with Crippen LogP contribution in [-0.2, 0) is 0 Å². The van der Waals surface area contributed by atoms with Crippen LogP contribution in [0.4, 0.5) is 11.4 Å². The highest BCUT2D eigenvalue weighted by Crippen LogP contribution is 2.35. The Morgan fingerprint density at radius 1 is 0.920 bits per heavy atom. The van der Waals surface area contributed by atoms with Crippen molar-refractivity contribution in [2.24, 2.45) is 0 Å². The molecular formula is C21H21N3O. The molecule has 4 nitrogen and oxygen atoms in total. The maximum Gasteiger partial charge on any atom is 0.255 e. The minimum atomic E-state index is -0.101. The van der Waals surface area contributed by atoms with E-state index in [4.69, 9.17) is 0 Å². The molecule has 0 spiro atoms. The van der Waals surface area contributed by atoms with E-state index in [1.54, 1.807) is 6.20 Å². The summed E-state index contributed by atoms with van der Waals surface area (Å²) in [4.78, 5) is 19.6. The van der Waals surface area contributed by atoms with Crippen molar-refractivity contribution in [2.45, 2.75) is 19.3 Å². The molecule has 0 unspecified atom stereocenters. The largest absolute Gasteiger partial charge is 0.369 e. The number of carbonyl (C=O) groups excluding carboxylic acids is 1. The van der Waals surface area contributed by atoms with E-state index in [0.29, 0.717) is 5.56 Å². The summed E-state index contributed by atoms with van der Waals surface area (Å²) in [6, 6.07) is 17.4. The van der Waals surface area contributed by atoms with Gasteiger partial charge in [0.2, 0.25) is 0 Å². The predicted octanol–water partition coefficient (Wildman–Crippen LogP) is 4.48. The summed E-state index contributed by atoms with van der Waals surface area (Å²) < 4.78 is 0. The van der Waals surface area contributed by atoms with Gasteiger partial charge in [0, 0.05) is 24.0 Å². The summed E-state index contributed by atoms with van der Waals surface area (Å²) in [5, 5.41) is 4.17. The number of pyridine rings is 1. The van der Waals surface area contributed by atoms with Crippen LogP contribution < -0.4 is 10.2 Å². The quantitative estimate of drug-likeness (QED) is 0.770. The zero-order valence-corrected chi connectivity index (χ0v) is 14.1. The van der Waals surface area contributed by atoms with Crippen molar-refractivity contribution in [1.82, 2.24) is 4.98 Å². The molecule has 2 heterocycles. The van der Waals surface area contributed by atoms with Crippen LogP contribution in [0.2, 0.25) is 0 Å². The van der Waals surface area contributed by atoms with Crippen molar-refractivity contribution in [3.63, 3.8) is 0 Å². The number of nitrogens with zero attached hydrogens (tertiary/aromatic N) is 2. The van der Waals surface area contributed by atoms with Crippen molar-refractivity contribution < 1.29 is 4.79 Å². The number of piperidine rings is 1. The van der Waals surface area contributed by atoms with E-state index >= 15 is 0 Å². The van der Waals surface area contributed by atoms with Gasteiger partial charge < -0.3 is 10.2 Å². The summed E-state index contributed by atoms with van der Waals surface area (Å²) >= 11 is 0. The maximum absolute atomic E-state index is 12.6. The van der Waals surface area contributed by atoms with Gasteiger partial charge in [0.15, 0.2) is 0 Å². The fourth-order valence-electron chi connectivity index (χ4n) is 3.46. The number of rotatable bonds is 3. The Morgan fingerprint density at radius 3 is 2.44 bits per heavy atom. The van der Waals surface area contributed by atoms with E-state index < -0.39 is 0 Å². The molecule has 0 saturated carbocycles. The number of hydrogen-bond acceptors (Lipinski definition) is 3. The highest BCUT2D eigenvalue weighted by atomic mass is 16.1. The van der Waals surface area contributed by atoms with Crippen LogP contribution in [0.1, 0.15) is 29.6 Å². The van der Waals surface area contributed by atoms with Crippen LogP contribution >= 0.6 is 0 Å². The van der Waals surface area contributed by atoms with Crippen LogP contribution in [0, 0.1) is 0 Å². The third-order valence-electron chi connectivity index (χ3n) is 4.70. The van der Waals surface area contributed by atoms with Crippen molar-refractivity contribution in [3.05, 3.63) is 66.4 Å². The number of anilines is 2. The number of para-hydroxylation sites is 1. The van der Waals surface area contributed by atoms with Crippen LogP contribution in [0.25, 0.3) is 10.9 Å². The molecule has 4 rings (SSSR count). The van der Waals surface area contributed by atoms with Gasteiger partial charge in [0.05, 0.1) is 23.1 Å². The summed E-state index contributed by atoms with van der Waals surface area (Å²) in [7, 11) is 0. The zero-order chi connectivity index (χ0) is 17.1. The lowest BCUT2D eigenvalue weighted by Crippen LogP contribution is -2.30. The van der Waals surface area contributed by atoms with Crippen molar-refractivity contribution >= 4 is 28.2 Å². The second-order valence-corrected chi connectivity index (χ2v) is 6.41. The van der Waals surface area contributed by atoms with Crippen LogP contribution in [0.3, 0.4) is 0 Å². The van der Waals surface area contributed by atoms with E-state index in [0.717, 1.165) is 35.4 Å². The molecule has 25 heavy (non-hydrogen) atoms. The molecule has 3 aromatic rings. The van der Waals surface area contributed by atoms with Crippen molar-refractivity contribution in [3.8, 4) is 0 Å². The molecule has 0 radical (unpaired) electrons. The first-order valence-electron chi connectivity index (χ1n) is 8.82. The highest BCUT2D eigenvalue weighted by molar-refractivity contribution is 6.09. The Hall–Kier alpha value is -2.88. The van der Waals surface area contributed by atoms with Crippen molar-refractivity contribution in [1.29, 1.82) is 0 Å². The first-order chi connectivity index (χ1) is 12.3. The number of benzene rings is 2. The fraction of sp³-hybridized carbons (Fsp3) is 0.238.